The number of nitrogens with one attached hydrogen (secondary N) is 1. The summed E-state index contributed by atoms with van der Waals surface area (Å²) in [5.74, 6) is 0. The summed E-state index contributed by atoms with van der Waals surface area (Å²) in [5, 5.41) is 6.50. The first-order valence-corrected chi connectivity index (χ1v) is 8.38. The van der Waals surface area contributed by atoms with E-state index in [0.29, 0.717) is 6.04 Å². The Labute approximate surface area is 132 Å². The minimum atomic E-state index is 0.330. The molecule has 1 aromatic carbocycles. The monoisotopic (exact) mass is 357 g/mol. The van der Waals surface area contributed by atoms with Crippen LogP contribution in [0.5, 0.6) is 0 Å². The lowest BCUT2D eigenvalue weighted by Gasteiger charge is -2.19. The van der Waals surface area contributed by atoms with Crippen LogP contribution in [0.2, 0.25) is 5.02 Å². The van der Waals surface area contributed by atoms with Crippen LogP contribution in [0.3, 0.4) is 0 Å². The molecule has 4 heteroatoms. The standard InChI is InChI=1S/C15H17BrClNS/c1-3-18-14(9-15-12(16)6-7-19-15)11-4-5-13(17)10(2)8-11/h4-8,14,18H,3,9H2,1-2H3. The molecule has 0 radical (unpaired) electrons. The predicted octanol–water partition coefficient (Wildman–Crippen LogP) is 5.37. The largest absolute Gasteiger partial charge is 0.310 e. The summed E-state index contributed by atoms with van der Waals surface area (Å²) in [4.78, 5) is 1.37. The Morgan fingerprint density at radius 2 is 2.16 bits per heavy atom. The maximum atomic E-state index is 6.10. The van der Waals surface area contributed by atoms with E-state index >= 15 is 0 Å². The molecule has 0 spiro atoms. The Bertz CT molecular complexity index is 553. The third-order valence-electron chi connectivity index (χ3n) is 3.12. The number of likely N-dealkylation sites (N-methyl/N-ethyl adjacent to an activating group) is 1. The zero-order chi connectivity index (χ0) is 13.8. The van der Waals surface area contributed by atoms with Gasteiger partial charge in [-0.3, -0.25) is 0 Å². The molecule has 1 nitrogen and oxygen atoms in total. The number of aryl methyl sites for hydroxylation is 1. The van der Waals surface area contributed by atoms with Crippen molar-refractivity contribution in [3.05, 3.63) is 55.1 Å². The Balaban J connectivity index is 2.24. The average Bonchev–Trinajstić information content (AvgIpc) is 2.78. The first kappa shape index (κ1) is 15.0. The summed E-state index contributed by atoms with van der Waals surface area (Å²) in [6.07, 6.45) is 0.993. The highest BCUT2D eigenvalue weighted by atomic mass is 79.9. The van der Waals surface area contributed by atoms with E-state index in [2.05, 4.69) is 58.7 Å². The average molecular weight is 359 g/mol. The molecular weight excluding hydrogens is 342 g/mol. The van der Waals surface area contributed by atoms with Crippen molar-refractivity contribution >= 4 is 38.9 Å². The lowest BCUT2D eigenvalue weighted by Crippen LogP contribution is -2.22. The van der Waals surface area contributed by atoms with Crippen LogP contribution in [0.25, 0.3) is 0 Å². The molecule has 1 heterocycles. The normalized spacial score (nSPS) is 12.6. The second-order valence-electron chi connectivity index (χ2n) is 4.51. The topological polar surface area (TPSA) is 12.0 Å². The van der Waals surface area contributed by atoms with Crippen LogP contribution in [-0.4, -0.2) is 6.54 Å². The molecule has 102 valence electrons. The highest BCUT2D eigenvalue weighted by Gasteiger charge is 2.14. The van der Waals surface area contributed by atoms with Gasteiger partial charge >= 0.3 is 0 Å². The van der Waals surface area contributed by atoms with Crippen LogP contribution >= 0.6 is 38.9 Å². The first-order valence-electron chi connectivity index (χ1n) is 6.33. The van der Waals surface area contributed by atoms with Gasteiger partial charge in [0.15, 0.2) is 0 Å². The summed E-state index contributed by atoms with van der Waals surface area (Å²) in [6, 6.07) is 8.72. The lowest BCUT2D eigenvalue weighted by molar-refractivity contribution is 0.552. The van der Waals surface area contributed by atoms with Crippen LogP contribution in [-0.2, 0) is 6.42 Å². The van der Waals surface area contributed by atoms with Crippen LogP contribution in [0.1, 0.15) is 29.0 Å². The molecule has 0 aliphatic carbocycles. The van der Waals surface area contributed by atoms with E-state index in [4.69, 9.17) is 11.6 Å². The number of halogens is 2. The molecular formula is C15H17BrClNS. The molecule has 0 saturated heterocycles. The Hall–Kier alpha value is -0.350. The third-order valence-corrected chi connectivity index (χ3v) is 5.49. The zero-order valence-corrected chi connectivity index (χ0v) is 14.2. The second kappa shape index (κ2) is 6.89. The highest BCUT2D eigenvalue weighted by Crippen LogP contribution is 2.29. The van der Waals surface area contributed by atoms with Crippen molar-refractivity contribution in [2.75, 3.05) is 6.54 Å². The van der Waals surface area contributed by atoms with Gasteiger partial charge < -0.3 is 5.32 Å². The molecule has 0 fully saturated rings. The molecule has 2 aromatic rings. The number of rotatable bonds is 5. The quantitative estimate of drug-likeness (QED) is 0.758. The molecule has 19 heavy (non-hydrogen) atoms. The predicted molar refractivity (Wildman–Crippen MR) is 88.3 cm³/mol. The van der Waals surface area contributed by atoms with Gasteiger partial charge in [-0.15, -0.1) is 11.3 Å². The molecule has 2 rings (SSSR count). The van der Waals surface area contributed by atoms with Crippen LogP contribution < -0.4 is 5.32 Å². The molecule has 0 aliphatic rings. The van der Waals surface area contributed by atoms with E-state index in [1.165, 1.54) is 14.9 Å². The minimum Gasteiger partial charge on any atom is -0.310 e. The molecule has 1 atom stereocenters. The SMILES string of the molecule is CCNC(Cc1sccc1Br)c1ccc(Cl)c(C)c1. The smallest absolute Gasteiger partial charge is 0.0435 e. The maximum absolute atomic E-state index is 6.10. The number of hydrogen-bond acceptors (Lipinski definition) is 2. The summed E-state index contributed by atoms with van der Waals surface area (Å²) in [5.41, 5.74) is 2.43. The first-order chi connectivity index (χ1) is 9.11. The van der Waals surface area contributed by atoms with Crippen molar-refractivity contribution in [2.45, 2.75) is 26.3 Å². The van der Waals surface area contributed by atoms with E-state index in [1.807, 2.05) is 6.07 Å². The molecule has 0 saturated carbocycles. The molecule has 1 aromatic heterocycles. The van der Waals surface area contributed by atoms with Gasteiger partial charge in [-0.1, -0.05) is 30.7 Å². The third kappa shape index (κ3) is 3.82. The summed E-state index contributed by atoms with van der Waals surface area (Å²) >= 11 is 11.5. The minimum absolute atomic E-state index is 0.330. The van der Waals surface area contributed by atoms with Crippen molar-refractivity contribution in [1.82, 2.24) is 5.32 Å². The van der Waals surface area contributed by atoms with E-state index in [9.17, 15) is 0 Å². The van der Waals surface area contributed by atoms with Crippen LogP contribution in [0, 0.1) is 6.92 Å². The van der Waals surface area contributed by atoms with Gasteiger partial charge in [-0.25, -0.2) is 0 Å². The lowest BCUT2D eigenvalue weighted by atomic mass is 10.0. The van der Waals surface area contributed by atoms with Crippen molar-refractivity contribution in [2.24, 2.45) is 0 Å². The van der Waals surface area contributed by atoms with Crippen molar-refractivity contribution in [3.8, 4) is 0 Å². The van der Waals surface area contributed by atoms with Crippen molar-refractivity contribution in [1.29, 1.82) is 0 Å². The highest BCUT2D eigenvalue weighted by molar-refractivity contribution is 9.10. The van der Waals surface area contributed by atoms with Crippen LogP contribution in [0.15, 0.2) is 34.1 Å². The molecule has 0 bridgehead atoms. The Morgan fingerprint density at radius 3 is 2.74 bits per heavy atom. The molecule has 1 N–H and O–H groups in total. The summed E-state index contributed by atoms with van der Waals surface area (Å²) in [7, 11) is 0. The van der Waals surface area contributed by atoms with E-state index in [-0.39, 0.29) is 0 Å². The number of benzene rings is 1. The van der Waals surface area contributed by atoms with Gasteiger partial charge in [-0.2, -0.15) is 0 Å². The van der Waals surface area contributed by atoms with Gasteiger partial charge in [0.2, 0.25) is 0 Å². The zero-order valence-electron chi connectivity index (χ0n) is 11.0. The summed E-state index contributed by atoms with van der Waals surface area (Å²) in [6.45, 7) is 5.14. The van der Waals surface area contributed by atoms with Gasteiger partial charge in [-0.05, 0) is 58.0 Å². The Kier molecular flexibility index (Phi) is 5.46. The Morgan fingerprint density at radius 1 is 1.37 bits per heavy atom. The van der Waals surface area contributed by atoms with Crippen molar-refractivity contribution in [3.63, 3.8) is 0 Å². The molecule has 0 amide bonds. The fraction of sp³-hybridized carbons (Fsp3) is 0.333. The van der Waals surface area contributed by atoms with Crippen LogP contribution in [0.4, 0.5) is 0 Å². The van der Waals surface area contributed by atoms with Gasteiger partial charge in [0.05, 0.1) is 0 Å². The second-order valence-corrected chi connectivity index (χ2v) is 6.78. The van der Waals surface area contributed by atoms with Gasteiger partial charge in [0, 0.05) is 26.8 Å². The van der Waals surface area contributed by atoms with Crippen molar-refractivity contribution < 1.29 is 0 Å². The molecule has 0 aliphatic heterocycles. The van der Waals surface area contributed by atoms with E-state index < -0.39 is 0 Å². The summed E-state index contributed by atoms with van der Waals surface area (Å²) < 4.78 is 1.20. The van der Waals surface area contributed by atoms with Gasteiger partial charge in [0.25, 0.3) is 0 Å². The fourth-order valence-electron chi connectivity index (χ4n) is 2.10. The maximum Gasteiger partial charge on any atom is 0.0435 e. The fourth-order valence-corrected chi connectivity index (χ4v) is 3.77. The van der Waals surface area contributed by atoms with E-state index in [0.717, 1.165) is 23.6 Å². The number of hydrogen-bond donors (Lipinski definition) is 1. The van der Waals surface area contributed by atoms with E-state index in [1.54, 1.807) is 11.3 Å². The number of thiophene rings is 1. The van der Waals surface area contributed by atoms with Gasteiger partial charge in [0.1, 0.15) is 0 Å². The molecule has 1 unspecified atom stereocenters.